The van der Waals surface area contributed by atoms with E-state index in [0.717, 1.165) is 38.3 Å². The van der Waals surface area contributed by atoms with Crippen LogP contribution in [0.4, 0.5) is 0 Å². The molecule has 8 heteroatoms. The maximum absolute atomic E-state index is 13.2. The van der Waals surface area contributed by atoms with Crippen LogP contribution in [0, 0.1) is 5.41 Å². The molecular weight excluding hydrogens is 891 g/mol. The van der Waals surface area contributed by atoms with Crippen molar-refractivity contribution in [2.45, 2.75) is 226 Å². The summed E-state index contributed by atoms with van der Waals surface area (Å²) in [5.41, 5.74) is -0.556. The second-order valence-electron chi connectivity index (χ2n) is 20.6. The lowest BCUT2D eigenvalue weighted by Gasteiger charge is -2.29. The molecule has 1 unspecified atom stereocenters. The van der Waals surface area contributed by atoms with Crippen molar-refractivity contribution in [1.29, 1.82) is 0 Å². The Labute approximate surface area is 425 Å². The lowest BCUT2D eigenvalue weighted by molar-refractivity contribution is -0.0425. The number of unbranched alkanes of at least 4 members (excludes halogenated alkanes) is 29. The fourth-order valence-corrected chi connectivity index (χ4v) is 15.0. The Bertz CT molecular complexity index is 1490. The molecule has 0 radical (unpaired) electrons. The minimum Gasteiger partial charge on any atom is -0.381 e. The summed E-state index contributed by atoms with van der Waals surface area (Å²) in [4.78, 5) is 10.8. The molecule has 0 fully saturated rings. The lowest BCUT2D eigenvalue weighted by Crippen LogP contribution is -2.34. The molecule has 392 valence electrons. The third-order valence-electron chi connectivity index (χ3n) is 14.0. The molecule has 0 amide bonds. The van der Waals surface area contributed by atoms with E-state index in [1.807, 2.05) is 6.92 Å². The van der Waals surface area contributed by atoms with Crippen molar-refractivity contribution in [3.8, 4) is 0 Å². The van der Waals surface area contributed by atoms with Crippen molar-refractivity contribution in [2.75, 3.05) is 45.8 Å². The smallest absolute Gasteiger partial charge is 0.381 e. The number of hydrogen-bond donors (Lipinski definition) is 1. The van der Waals surface area contributed by atoms with E-state index in [2.05, 4.69) is 105 Å². The number of phosphoric acid groups is 1. The summed E-state index contributed by atoms with van der Waals surface area (Å²) >= 11 is 0. The Morgan fingerprint density at radius 1 is 0.391 bits per heavy atom. The molecule has 3 aromatic rings. The van der Waals surface area contributed by atoms with Crippen LogP contribution in [0.3, 0.4) is 0 Å². The molecule has 0 spiro atoms. The number of phosphoric ester groups is 1. The normalized spacial score (nSPS) is 13.0. The molecule has 1 N–H and O–H groups in total. The van der Waals surface area contributed by atoms with Crippen LogP contribution in [-0.4, -0.2) is 50.7 Å². The third-order valence-corrected chi connectivity index (χ3v) is 19.5. The maximum Gasteiger partial charge on any atom is 0.472 e. The number of ether oxygens (including phenoxy) is 2. The first-order valence-corrected chi connectivity index (χ1v) is 32.1. The highest BCUT2D eigenvalue weighted by Gasteiger charge is 2.44. The van der Waals surface area contributed by atoms with Gasteiger partial charge in [-0.1, -0.05) is 249 Å². The minimum atomic E-state index is -4.25. The largest absolute Gasteiger partial charge is 0.472 e. The van der Waals surface area contributed by atoms with Crippen LogP contribution in [0.5, 0.6) is 0 Å². The number of hydrogen-bond acceptors (Lipinski definition) is 5. The summed E-state index contributed by atoms with van der Waals surface area (Å²) < 4.78 is 37.0. The third kappa shape index (κ3) is 28.8. The summed E-state index contributed by atoms with van der Waals surface area (Å²) in [6.45, 7) is 9.06. The molecule has 1 atom stereocenters. The van der Waals surface area contributed by atoms with Crippen LogP contribution in [0.1, 0.15) is 226 Å². The molecule has 0 saturated carbocycles. The van der Waals surface area contributed by atoms with E-state index in [0.29, 0.717) is 32.8 Å². The van der Waals surface area contributed by atoms with Crippen molar-refractivity contribution < 1.29 is 28.0 Å². The molecule has 0 aliphatic heterocycles. The predicted molar refractivity (Wildman–Crippen MR) is 301 cm³/mol. The van der Waals surface area contributed by atoms with E-state index in [1.165, 1.54) is 183 Å². The van der Waals surface area contributed by atoms with E-state index < -0.39 is 20.5 Å². The number of rotatable bonds is 48. The lowest BCUT2D eigenvalue weighted by atomic mass is 9.94. The fourth-order valence-electron chi connectivity index (χ4n) is 9.70. The van der Waals surface area contributed by atoms with Crippen LogP contribution < -0.4 is 15.9 Å². The maximum atomic E-state index is 13.2. The van der Waals surface area contributed by atoms with E-state index in [-0.39, 0.29) is 13.2 Å². The highest BCUT2D eigenvalue weighted by molar-refractivity contribution is 7.95. The van der Waals surface area contributed by atoms with Gasteiger partial charge in [-0.3, -0.25) is 9.05 Å². The van der Waals surface area contributed by atoms with Crippen molar-refractivity contribution in [3.63, 3.8) is 0 Å². The summed E-state index contributed by atoms with van der Waals surface area (Å²) in [7, 11) is -6.12. The molecule has 0 aliphatic carbocycles. The van der Waals surface area contributed by atoms with Crippen LogP contribution in [0.2, 0.25) is 0 Å². The van der Waals surface area contributed by atoms with Gasteiger partial charge in [0.2, 0.25) is 0 Å². The summed E-state index contributed by atoms with van der Waals surface area (Å²) in [6.07, 6.45) is 41.9. The summed E-state index contributed by atoms with van der Waals surface area (Å²) in [6, 6.07) is 33.1. The predicted octanol–water partition coefficient (Wildman–Crippen LogP) is 17.7. The van der Waals surface area contributed by atoms with Crippen LogP contribution in [-0.2, 0) is 23.1 Å². The molecule has 3 rings (SSSR count). The van der Waals surface area contributed by atoms with Gasteiger partial charge >= 0.3 is 7.82 Å². The van der Waals surface area contributed by atoms with Gasteiger partial charge in [0.05, 0.1) is 32.6 Å². The van der Waals surface area contributed by atoms with E-state index >= 15 is 0 Å². The van der Waals surface area contributed by atoms with Gasteiger partial charge in [0.25, 0.3) is 0 Å². The Morgan fingerprint density at radius 2 is 0.681 bits per heavy atom. The first kappa shape index (κ1) is 61.4. The average molecular weight is 994 g/mol. The SMILES string of the molecule is CCCCCCCCCCCCCCCCOCC(C)(COCCCCCCCCCCCCCCCC)COP(=O)(O)OCCCCCC[P+](c1ccccc1)(c1ccccc1)c1ccccc1. The first-order valence-electron chi connectivity index (χ1n) is 28.7. The zero-order valence-corrected chi connectivity index (χ0v) is 46.4. The van der Waals surface area contributed by atoms with Crippen LogP contribution in [0.15, 0.2) is 91.0 Å². The molecule has 69 heavy (non-hydrogen) atoms. The van der Waals surface area contributed by atoms with Gasteiger partial charge in [-0.15, -0.1) is 0 Å². The van der Waals surface area contributed by atoms with Gasteiger partial charge in [-0.2, -0.15) is 0 Å². The molecule has 0 saturated heterocycles. The Morgan fingerprint density at radius 3 is 1.01 bits per heavy atom. The Balaban J connectivity index is 1.38. The standard InChI is InChI=1S/C61H102O6P2/c1-4-6-8-10-12-14-16-18-20-22-24-26-28-41-51-64-55-61(3,56-65-52-42-29-27-25-23-21-19-17-15-13-11-9-7-5-2)57-67-69(62,63)66-53-43-30-31-44-54-68(58-45-35-32-36-46-58,59-47-37-33-38-48-59)60-49-39-34-40-50-60/h32-40,45-50H,4-31,41-44,51-57H2,1-3H3/p+1. The van der Waals surface area contributed by atoms with Crippen molar-refractivity contribution in [2.24, 2.45) is 5.41 Å². The second-order valence-corrected chi connectivity index (χ2v) is 25.7. The van der Waals surface area contributed by atoms with E-state index in [1.54, 1.807) is 0 Å². The van der Waals surface area contributed by atoms with Crippen molar-refractivity contribution in [3.05, 3.63) is 91.0 Å². The van der Waals surface area contributed by atoms with Crippen LogP contribution >= 0.6 is 15.1 Å². The van der Waals surface area contributed by atoms with Gasteiger partial charge in [0.15, 0.2) is 0 Å². The minimum absolute atomic E-state index is 0.0441. The molecule has 0 aromatic heterocycles. The van der Waals surface area contributed by atoms with Gasteiger partial charge in [0.1, 0.15) is 23.2 Å². The van der Waals surface area contributed by atoms with Crippen molar-refractivity contribution >= 4 is 31.0 Å². The molecule has 0 aliphatic rings. The Hall–Kier alpha value is -1.88. The summed E-state index contributed by atoms with van der Waals surface area (Å²) in [5.74, 6) is 0. The molecular formula is C61H103O6P2+. The Kier molecular flexibility index (Phi) is 36.1. The van der Waals surface area contributed by atoms with E-state index in [4.69, 9.17) is 18.5 Å². The van der Waals surface area contributed by atoms with Gasteiger partial charge < -0.3 is 14.4 Å². The van der Waals surface area contributed by atoms with E-state index in [9.17, 15) is 9.46 Å². The zero-order valence-electron chi connectivity index (χ0n) is 44.6. The topological polar surface area (TPSA) is 74.2 Å². The van der Waals surface area contributed by atoms with Crippen molar-refractivity contribution in [1.82, 2.24) is 0 Å². The second kappa shape index (κ2) is 40.6. The highest BCUT2D eigenvalue weighted by Crippen LogP contribution is 2.56. The van der Waals surface area contributed by atoms with Gasteiger partial charge in [0, 0.05) is 18.6 Å². The van der Waals surface area contributed by atoms with Gasteiger partial charge in [-0.25, -0.2) is 4.57 Å². The number of benzene rings is 3. The molecule has 0 heterocycles. The zero-order chi connectivity index (χ0) is 49.2. The monoisotopic (exact) mass is 994 g/mol. The van der Waals surface area contributed by atoms with Gasteiger partial charge in [-0.05, 0) is 68.5 Å². The quantitative estimate of drug-likeness (QED) is 0.0449. The highest BCUT2D eigenvalue weighted by atomic mass is 31.2. The molecule has 3 aromatic carbocycles. The first-order chi connectivity index (χ1) is 33.9. The fraction of sp³-hybridized carbons (Fsp3) is 0.705. The summed E-state index contributed by atoms with van der Waals surface area (Å²) in [5, 5.41) is 4.20. The molecule has 0 bridgehead atoms. The molecule has 6 nitrogen and oxygen atoms in total. The van der Waals surface area contributed by atoms with Crippen LogP contribution in [0.25, 0.3) is 0 Å². The average Bonchev–Trinajstić information content (AvgIpc) is 3.37.